The van der Waals surface area contributed by atoms with Gasteiger partial charge in [0.2, 0.25) is 11.8 Å². The first-order chi connectivity index (χ1) is 26.0. The van der Waals surface area contributed by atoms with E-state index in [9.17, 15) is 19.2 Å². The minimum absolute atomic E-state index is 0.0301. The van der Waals surface area contributed by atoms with Gasteiger partial charge in [-0.2, -0.15) is 16.9 Å². The number of hydrogen-bond acceptors (Lipinski definition) is 9. The predicted octanol–water partition coefficient (Wildman–Crippen LogP) is 4.41. The number of fused-ring (bicyclic) bond motifs is 1. The molecular weight excluding hydrogens is 711 g/mol. The average Bonchev–Trinajstić information content (AvgIpc) is 3.59. The lowest BCUT2D eigenvalue weighted by Gasteiger charge is -2.28. The first-order valence-corrected chi connectivity index (χ1v) is 19.9. The standard InChI is InChI=1S/C37H49N7O5S.C2H4O2/c1-26(2)33-35-40-34(27-11-6-4-7-12-27)41-44(35)23-22-43(21-10-13-31(45)38-30(18-24-50-3)36(47)39-33)37(48)28-14-16-29(17-15-28)49-25-32(46)42-19-8-5-9-20-42;1-2(3)4/h4,6-7,11-12,14-17,26,30,33H,5,8-10,13,18-25H2,1-3H3,(H,38,45)(H,39,47);1H3,(H,3,4)/t30-,33?;/m0./s1. The highest BCUT2D eigenvalue weighted by atomic mass is 32.2. The van der Waals surface area contributed by atoms with E-state index >= 15 is 0 Å². The van der Waals surface area contributed by atoms with Gasteiger partial charge in [-0.15, -0.1) is 0 Å². The van der Waals surface area contributed by atoms with E-state index in [2.05, 4.69) is 10.6 Å². The zero-order valence-electron chi connectivity index (χ0n) is 31.7. The third-order valence-electron chi connectivity index (χ3n) is 9.11. The number of piperidine rings is 1. The zero-order chi connectivity index (χ0) is 39.0. The van der Waals surface area contributed by atoms with Gasteiger partial charge >= 0.3 is 0 Å². The number of rotatable bonds is 9. The number of carboxylic acid groups (broad SMARTS) is 1. The number of ether oxygens (including phenoxy) is 1. The minimum atomic E-state index is -0.833. The Balaban J connectivity index is 0.00000155. The maximum Gasteiger partial charge on any atom is 0.300 e. The molecule has 14 nitrogen and oxygen atoms in total. The molecular formula is C39H53N7O7S. The number of aromatic nitrogens is 3. The molecule has 2 aliphatic heterocycles. The Morgan fingerprint density at radius 3 is 2.22 bits per heavy atom. The summed E-state index contributed by atoms with van der Waals surface area (Å²) in [5.41, 5.74) is 1.32. The number of thioether (sulfide) groups is 1. The number of benzene rings is 2. The molecule has 0 bridgehead atoms. The Morgan fingerprint density at radius 2 is 1.57 bits per heavy atom. The van der Waals surface area contributed by atoms with E-state index in [1.165, 1.54) is 0 Å². The predicted molar refractivity (Wildman–Crippen MR) is 207 cm³/mol. The smallest absolute Gasteiger partial charge is 0.300 e. The Labute approximate surface area is 321 Å². The van der Waals surface area contributed by atoms with Gasteiger partial charge in [0.25, 0.3) is 17.8 Å². The number of amides is 4. The van der Waals surface area contributed by atoms with Gasteiger partial charge in [-0.1, -0.05) is 44.2 Å². The second-order valence-corrected chi connectivity index (χ2v) is 14.7. The molecule has 15 heteroatoms. The van der Waals surface area contributed by atoms with Gasteiger partial charge in [0.1, 0.15) is 11.8 Å². The van der Waals surface area contributed by atoms with Crippen molar-refractivity contribution in [3.05, 3.63) is 66.0 Å². The molecule has 5 rings (SSSR count). The summed E-state index contributed by atoms with van der Waals surface area (Å²) in [7, 11) is 0. The number of nitrogens with one attached hydrogen (secondary N) is 2. The molecule has 0 spiro atoms. The molecule has 1 fully saturated rings. The molecule has 3 N–H and O–H groups in total. The fourth-order valence-corrected chi connectivity index (χ4v) is 6.70. The van der Waals surface area contributed by atoms with Gasteiger partial charge in [-0.3, -0.25) is 24.0 Å². The first-order valence-electron chi connectivity index (χ1n) is 18.5. The van der Waals surface area contributed by atoms with Crippen LogP contribution in [0.15, 0.2) is 54.6 Å². The highest BCUT2D eigenvalue weighted by Crippen LogP contribution is 2.25. The highest BCUT2D eigenvalue weighted by molar-refractivity contribution is 7.98. The number of nitrogens with zero attached hydrogens (tertiary/aromatic N) is 5. The summed E-state index contributed by atoms with van der Waals surface area (Å²) in [5.74, 6) is 0.775. The van der Waals surface area contributed by atoms with E-state index in [-0.39, 0.29) is 42.6 Å². The fourth-order valence-electron chi connectivity index (χ4n) is 6.23. The molecule has 0 saturated carbocycles. The number of carboxylic acids is 1. The van der Waals surface area contributed by atoms with Crippen molar-refractivity contribution in [3.63, 3.8) is 0 Å². The van der Waals surface area contributed by atoms with Crippen LogP contribution in [-0.2, 0) is 25.7 Å². The Morgan fingerprint density at radius 1 is 0.907 bits per heavy atom. The molecule has 2 atom stereocenters. The van der Waals surface area contributed by atoms with Crippen LogP contribution in [0.2, 0.25) is 0 Å². The lowest BCUT2D eigenvalue weighted by atomic mass is 10.0. The van der Waals surface area contributed by atoms with Crippen molar-refractivity contribution in [1.29, 1.82) is 0 Å². The summed E-state index contributed by atoms with van der Waals surface area (Å²) in [5, 5.41) is 18.4. The van der Waals surface area contributed by atoms with Crippen molar-refractivity contribution in [2.24, 2.45) is 5.92 Å². The van der Waals surface area contributed by atoms with Gasteiger partial charge in [0.05, 0.1) is 12.6 Å². The summed E-state index contributed by atoms with van der Waals surface area (Å²) >= 11 is 1.62. The molecule has 1 saturated heterocycles. The van der Waals surface area contributed by atoms with E-state index in [4.69, 9.17) is 24.7 Å². The molecule has 3 aromatic rings. The summed E-state index contributed by atoms with van der Waals surface area (Å²) < 4.78 is 7.56. The molecule has 2 aromatic carbocycles. The normalized spacial score (nSPS) is 18.3. The molecule has 1 unspecified atom stereocenters. The van der Waals surface area contributed by atoms with Crippen LogP contribution in [0.25, 0.3) is 11.4 Å². The van der Waals surface area contributed by atoms with Gasteiger partial charge < -0.3 is 30.3 Å². The van der Waals surface area contributed by atoms with Gasteiger partial charge in [0.15, 0.2) is 18.3 Å². The van der Waals surface area contributed by atoms with Crippen LogP contribution >= 0.6 is 11.8 Å². The molecule has 2 aliphatic rings. The summed E-state index contributed by atoms with van der Waals surface area (Å²) in [6.07, 6.45) is 6.23. The average molecular weight is 764 g/mol. The Bertz CT molecular complexity index is 1690. The maximum absolute atomic E-state index is 13.9. The SMILES string of the molecule is CC(=O)O.CSCC[C@@H]1NC(=O)CCCN(C(=O)c2ccc(OCC(=O)N3CCCCC3)cc2)CCn2nc(-c3ccccc3)nc2C(C(C)C)NC1=O. The van der Waals surface area contributed by atoms with E-state index in [1.807, 2.05) is 55.3 Å². The topological polar surface area (TPSA) is 176 Å². The second-order valence-electron chi connectivity index (χ2n) is 13.7. The third-order valence-corrected chi connectivity index (χ3v) is 9.75. The van der Waals surface area contributed by atoms with E-state index < -0.39 is 18.1 Å². The number of hydrogen-bond donors (Lipinski definition) is 3. The number of likely N-dealkylation sites (tertiary alicyclic amines) is 1. The summed E-state index contributed by atoms with van der Waals surface area (Å²) in [6, 6.07) is 15.3. The minimum Gasteiger partial charge on any atom is -0.484 e. The third kappa shape index (κ3) is 12.6. The van der Waals surface area contributed by atoms with Crippen molar-refractivity contribution in [1.82, 2.24) is 35.2 Å². The quantitative estimate of drug-likeness (QED) is 0.283. The van der Waals surface area contributed by atoms with Gasteiger partial charge in [-0.25, -0.2) is 9.67 Å². The number of aliphatic carboxylic acids is 1. The fraction of sp³-hybridized carbons (Fsp3) is 0.513. The van der Waals surface area contributed by atoms with Crippen molar-refractivity contribution >= 4 is 41.4 Å². The molecule has 4 amide bonds. The van der Waals surface area contributed by atoms with Crippen LogP contribution < -0.4 is 15.4 Å². The Hall–Kier alpha value is -4.92. The molecule has 54 heavy (non-hydrogen) atoms. The second kappa shape index (κ2) is 21.1. The van der Waals surface area contributed by atoms with Crippen LogP contribution in [-0.4, -0.2) is 110 Å². The zero-order valence-corrected chi connectivity index (χ0v) is 32.5. The van der Waals surface area contributed by atoms with Crippen LogP contribution in [0.4, 0.5) is 0 Å². The lowest BCUT2D eigenvalue weighted by Crippen LogP contribution is -2.49. The van der Waals surface area contributed by atoms with E-state index in [0.717, 1.165) is 44.8 Å². The van der Waals surface area contributed by atoms with E-state index in [1.54, 1.807) is 45.6 Å². The molecule has 0 radical (unpaired) electrons. The first kappa shape index (κ1) is 41.8. The van der Waals surface area contributed by atoms with Crippen molar-refractivity contribution in [2.45, 2.75) is 77.9 Å². The van der Waals surface area contributed by atoms with E-state index in [0.29, 0.717) is 61.2 Å². The molecule has 292 valence electrons. The number of carbonyl (C=O) groups is 5. The van der Waals surface area contributed by atoms with Crippen molar-refractivity contribution in [2.75, 3.05) is 44.8 Å². The van der Waals surface area contributed by atoms with Crippen LogP contribution in [0.1, 0.15) is 81.5 Å². The van der Waals surface area contributed by atoms with Crippen LogP contribution in [0.3, 0.4) is 0 Å². The molecule has 1 aromatic heterocycles. The lowest BCUT2D eigenvalue weighted by molar-refractivity contribution is -0.135. The maximum atomic E-state index is 13.9. The van der Waals surface area contributed by atoms with Crippen LogP contribution in [0.5, 0.6) is 5.75 Å². The summed E-state index contributed by atoms with van der Waals surface area (Å²) in [6.45, 7) is 7.58. The molecule has 3 heterocycles. The number of carbonyl (C=O) groups excluding carboxylic acids is 4. The largest absolute Gasteiger partial charge is 0.484 e. The monoisotopic (exact) mass is 763 g/mol. The molecule has 0 aliphatic carbocycles. The highest BCUT2D eigenvalue weighted by Gasteiger charge is 2.30. The van der Waals surface area contributed by atoms with Crippen molar-refractivity contribution < 1.29 is 33.8 Å². The van der Waals surface area contributed by atoms with Gasteiger partial charge in [-0.05, 0) is 74.3 Å². The van der Waals surface area contributed by atoms with Crippen molar-refractivity contribution in [3.8, 4) is 17.1 Å². The van der Waals surface area contributed by atoms with Gasteiger partial charge in [0, 0.05) is 50.7 Å². The summed E-state index contributed by atoms with van der Waals surface area (Å²) in [4.78, 5) is 70.7. The van der Waals surface area contributed by atoms with Crippen LogP contribution in [0, 0.1) is 5.92 Å². The Kier molecular flexibility index (Phi) is 16.3.